The van der Waals surface area contributed by atoms with Crippen molar-refractivity contribution < 1.29 is 9.53 Å². The quantitative estimate of drug-likeness (QED) is 0.650. The monoisotopic (exact) mass is 200 g/mol. The second-order valence-corrected chi connectivity index (χ2v) is 4.51. The molecule has 0 aromatic heterocycles. The molecule has 2 nitrogen and oxygen atoms in total. The van der Waals surface area contributed by atoms with Crippen molar-refractivity contribution in [1.82, 2.24) is 0 Å². The Morgan fingerprint density at radius 3 is 2.73 bits per heavy atom. The molecule has 1 aliphatic carbocycles. The molecule has 76 valence electrons. The maximum atomic E-state index is 11.6. The van der Waals surface area contributed by atoms with E-state index >= 15 is 0 Å². The van der Waals surface area contributed by atoms with Crippen LogP contribution in [0, 0.1) is 11.3 Å². The molecule has 0 spiro atoms. The minimum absolute atomic E-state index is 0.0418. The molecule has 0 radical (unpaired) electrons. The molecule has 0 N–H and O–H groups in total. The van der Waals surface area contributed by atoms with Crippen LogP contribution in [0.25, 0.3) is 5.57 Å². The average molecular weight is 200 g/mol. The maximum Gasteiger partial charge on any atom is 0.314 e. The summed E-state index contributed by atoms with van der Waals surface area (Å²) in [5, 5.41) is 0. The van der Waals surface area contributed by atoms with Crippen LogP contribution in [0.5, 0.6) is 0 Å². The summed E-state index contributed by atoms with van der Waals surface area (Å²) in [6.45, 7) is 2.61. The Bertz CT molecular complexity index is 447. The normalized spacial score (nSPS) is 32.7. The molecule has 1 aromatic rings. The highest BCUT2D eigenvalue weighted by molar-refractivity contribution is 5.96. The van der Waals surface area contributed by atoms with Gasteiger partial charge >= 0.3 is 5.97 Å². The number of hydrogen-bond donors (Lipinski definition) is 0. The number of rotatable bonds is 1. The molecule has 1 aliphatic heterocycles. The van der Waals surface area contributed by atoms with Gasteiger partial charge in [0, 0.05) is 5.41 Å². The Hall–Kier alpha value is -1.57. The largest absolute Gasteiger partial charge is 0.464 e. The number of benzene rings is 1. The zero-order valence-electron chi connectivity index (χ0n) is 8.57. The molecular weight excluding hydrogens is 188 g/mol. The molecule has 0 bridgehead atoms. The number of cyclic esters (lactones) is 1. The lowest BCUT2D eigenvalue weighted by Gasteiger charge is -2.36. The summed E-state index contributed by atoms with van der Waals surface area (Å²) >= 11 is 0. The van der Waals surface area contributed by atoms with E-state index in [0.29, 0.717) is 6.61 Å². The molecule has 3 rings (SSSR count). The van der Waals surface area contributed by atoms with Crippen LogP contribution in [-0.2, 0) is 9.53 Å². The third kappa shape index (κ3) is 1.08. The van der Waals surface area contributed by atoms with Crippen molar-refractivity contribution in [3.05, 3.63) is 42.0 Å². The van der Waals surface area contributed by atoms with E-state index in [1.807, 2.05) is 30.3 Å². The van der Waals surface area contributed by atoms with Crippen LogP contribution in [0.1, 0.15) is 12.5 Å². The van der Waals surface area contributed by atoms with Crippen molar-refractivity contribution in [2.75, 3.05) is 6.61 Å². The maximum absolute atomic E-state index is 11.6. The zero-order valence-corrected chi connectivity index (χ0v) is 8.57. The lowest BCUT2D eigenvalue weighted by molar-refractivity contribution is -0.139. The average Bonchev–Trinajstić information content (AvgIpc) is 2.44. The minimum atomic E-state index is -0.0705. The highest BCUT2D eigenvalue weighted by Gasteiger charge is 2.54. The van der Waals surface area contributed by atoms with Gasteiger partial charge in [0.1, 0.15) is 6.61 Å². The van der Waals surface area contributed by atoms with Crippen molar-refractivity contribution in [2.24, 2.45) is 11.3 Å². The molecule has 15 heavy (non-hydrogen) atoms. The molecule has 2 heteroatoms. The summed E-state index contributed by atoms with van der Waals surface area (Å²) < 4.78 is 5.10. The van der Waals surface area contributed by atoms with Crippen LogP contribution in [0.2, 0.25) is 0 Å². The summed E-state index contributed by atoms with van der Waals surface area (Å²) in [5.74, 6) is -0.112. The number of fused-ring (bicyclic) bond motifs is 1. The Labute approximate surface area is 88.6 Å². The van der Waals surface area contributed by atoms with E-state index in [1.54, 1.807) is 0 Å². The Balaban J connectivity index is 2.02. The van der Waals surface area contributed by atoms with E-state index in [0.717, 1.165) is 11.1 Å². The van der Waals surface area contributed by atoms with Gasteiger partial charge in [-0.1, -0.05) is 43.3 Å². The van der Waals surface area contributed by atoms with Gasteiger partial charge < -0.3 is 4.74 Å². The lowest BCUT2D eigenvalue weighted by atomic mass is 9.63. The molecule has 1 fully saturated rings. The highest BCUT2D eigenvalue weighted by atomic mass is 16.5. The first-order chi connectivity index (χ1) is 7.21. The van der Waals surface area contributed by atoms with Crippen molar-refractivity contribution in [3.63, 3.8) is 0 Å². The summed E-state index contributed by atoms with van der Waals surface area (Å²) in [5.41, 5.74) is 2.21. The third-order valence-electron chi connectivity index (χ3n) is 3.32. The summed E-state index contributed by atoms with van der Waals surface area (Å²) in [4.78, 5) is 11.6. The first kappa shape index (κ1) is 8.72. The number of esters is 1. The topological polar surface area (TPSA) is 26.3 Å². The standard InChI is InChI=1S/C13H12O2/c1-13-7-10(9-5-3-2-4-6-9)11(13)12(14)15-8-13/h2-7,11H,8H2,1H3. The fraction of sp³-hybridized carbons (Fsp3) is 0.308. The first-order valence-corrected chi connectivity index (χ1v) is 5.15. The smallest absolute Gasteiger partial charge is 0.314 e. The minimum Gasteiger partial charge on any atom is -0.464 e. The van der Waals surface area contributed by atoms with Crippen LogP contribution in [0.4, 0.5) is 0 Å². The second-order valence-electron chi connectivity index (χ2n) is 4.51. The number of hydrogen-bond acceptors (Lipinski definition) is 2. The van der Waals surface area contributed by atoms with Gasteiger partial charge in [-0.2, -0.15) is 0 Å². The van der Waals surface area contributed by atoms with Gasteiger partial charge in [0.25, 0.3) is 0 Å². The van der Waals surface area contributed by atoms with Gasteiger partial charge in [0.2, 0.25) is 0 Å². The van der Waals surface area contributed by atoms with E-state index < -0.39 is 0 Å². The van der Waals surface area contributed by atoms with Gasteiger partial charge in [0.15, 0.2) is 0 Å². The van der Waals surface area contributed by atoms with E-state index in [4.69, 9.17) is 4.74 Å². The Morgan fingerprint density at radius 1 is 1.33 bits per heavy atom. The molecule has 1 aromatic carbocycles. The predicted octanol–water partition coefficient (Wildman–Crippen LogP) is 2.26. The van der Waals surface area contributed by atoms with E-state index in [9.17, 15) is 4.79 Å². The SMILES string of the molecule is CC12C=C(c3ccccc3)C1C(=O)OC2. The molecule has 0 amide bonds. The van der Waals surface area contributed by atoms with E-state index in [2.05, 4.69) is 13.0 Å². The molecule has 2 unspecified atom stereocenters. The van der Waals surface area contributed by atoms with E-state index in [-0.39, 0.29) is 17.3 Å². The number of carbonyl (C=O) groups is 1. The van der Waals surface area contributed by atoms with Gasteiger partial charge in [-0.15, -0.1) is 0 Å². The van der Waals surface area contributed by atoms with Gasteiger partial charge in [0.05, 0.1) is 5.92 Å². The zero-order chi connectivity index (χ0) is 10.5. The van der Waals surface area contributed by atoms with Gasteiger partial charge in [-0.3, -0.25) is 4.79 Å². The van der Waals surface area contributed by atoms with Crippen LogP contribution >= 0.6 is 0 Å². The molecule has 0 saturated carbocycles. The Morgan fingerprint density at radius 2 is 2.07 bits per heavy atom. The Kier molecular flexibility index (Phi) is 1.58. The van der Waals surface area contributed by atoms with Gasteiger partial charge in [-0.25, -0.2) is 0 Å². The summed E-state index contributed by atoms with van der Waals surface area (Å²) in [6, 6.07) is 10.0. The predicted molar refractivity (Wildman–Crippen MR) is 57.0 cm³/mol. The van der Waals surface area contributed by atoms with Crippen molar-refractivity contribution >= 4 is 11.5 Å². The second kappa shape index (κ2) is 2.72. The fourth-order valence-electron chi connectivity index (χ4n) is 2.49. The number of carbonyl (C=O) groups excluding carboxylic acids is 1. The molecule has 2 atom stereocenters. The van der Waals surface area contributed by atoms with Crippen LogP contribution in [0.3, 0.4) is 0 Å². The number of ether oxygens (including phenoxy) is 1. The fourth-order valence-corrected chi connectivity index (χ4v) is 2.49. The molecule has 1 saturated heterocycles. The van der Waals surface area contributed by atoms with Crippen LogP contribution in [-0.4, -0.2) is 12.6 Å². The lowest BCUT2D eigenvalue weighted by Crippen LogP contribution is -2.35. The van der Waals surface area contributed by atoms with E-state index in [1.165, 1.54) is 0 Å². The molecule has 2 aliphatic rings. The molecular formula is C13H12O2. The van der Waals surface area contributed by atoms with Crippen molar-refractivity contribution in [3.8, 4) is 0 Å². The summed E-state index contributed by atoms with van der Waals surface area (Å²) in [6.07, 6.45) is 2.16. The highest BCUT2D eigenvalue weighted by Crippen LogP contribution is 2.53. The first-order valence-electron chi connectivity index (χ1n) is 5.15. The van der Waals surface area contributed by atoms with Crippen LogP contribution in [0.15, 0.2) is 36.4 Å². The van der Waals surface area contributed by atoms with Crippen LogP contribution < -0.4 is 0 Å². The third-order valence-corrected chi connectivity index (χ3v) is 3.32. The summed E-state index contributed by atoms with van der Waals surface area (Å²) in [7, 11) is 0. The van der Waals surface area contributed by atoms with Crippen molar-refractivity contribution in [2.45, 2.75) is 6.92 Å². The van der Waals surface area contributed by atoms with Gasteiger partial charge in [-0.05, 0) is 11.1 Å². The van der Waals surface area contributed by atoms with Crippen molar-refractivity contribution in [1.29, 1.82) is 0 Å². The molecule has 1 heterocycles.